The molecule has 31 heavy (non-hydrogen) atoms. The second kappa shape index (κ2) is 8.19. The molecular weight excluding hydrogens is 414 g/mol. The number of carbonyl (C=O) groups excluding carboxylic acids is 2. The summed E-state index contributed by atoms with van der Waals surface area (Å²) in [6.07, 6.45) is 0. The van der Waals surface area contributed by atoms with Crippen molar-refractivity contribution >= 4 is 45.6 Å². The number of pyridine rings is 1. The van der Waals surface area contributed by atoms with Gasteiger partial charge >= 0.3 is 0 Å². The Balaban J connectivity index is 1.82. The van der Waals surface area contributed by atoms with Crippen LogP contribution >= 0.6 is 11.3 Å². The van der Waals surface area contributed by atoms with E-state index in [1.807, 2.05) is 24.4 Å². The normalized spacial score (nSPS) is 10.8. The molecule has 9 heteroatoms. The zero-order chi connectivity index (χ0) is 22.1. The van der Waals surface area contributed by atoms with Crippen molar-refractivity contribution in [3.8, 4) is 16.3 Å². The molecule has 0 aliphatic rings. The van der Waals surface area contributed by atoms with E-state index in [0.717, 1.165) is 4.88 Å². The smallest absolute Gasteiger partial charge is 0.256 e. The van der Waals surface area contributed by atoms with E-state index in [1.165, 1.54) is 14.0 Å². The highest BCUT2D eigenvalue weighted by molar-refractivity contribution is 7.13. The maximum absolute atomic E-state index is 13.4. The molecule has 0 aliphatic heterocycles. The lowest BCUT2D eigenvalue weighted by atomic mass is 10.1. The Bertz CT molecular complexity index is 1290. The predicted octanol–water partition coefficient (Wildman–Crippen LogP) is 4.22. The summed E-state index contributed by atoms with van der Waals surface area (Å²) in [6.45, 7) is 3.26. The Morgan fingerprint density at radius 2 is 1.94 bits per heavy atom. The Labute approximate surface area is 182 Å². The molecule has 4 aromatic rings. The van der Waals surface area contributed by atoms with Gasteiger partial charge in [0.05, 0.1) is 45.7 Å². The summed E-state index contributed by atoms with van der Waals surface area (Å²) in [4.78, 5) is 30.7. The van der Waals surface area contributed by atoms with Crippen LogP contribution in [0.2, 0.25) is 0 Å². The number of carbonyl (C=O) groups is 2. The number of benzene rings is 1. The van der Waals surface area contributed by atoms with Gasteiger partial charge in [0.2, 0.25) is 5.91 Å². The van der Waals surface area contributed by atoms with Crippen LogP contribution < -0.4 is 15.4 Å². The van der Waals surface area contributed by atoms with Gasteiger partial charge in [-0.1, -0.05) is 6.07 Å². The van der Waals surface area contributed by atoms with Gasteiger partial charge in [0.1, 0.15) is 5.75 Å². The van der Waals surface area contributed by atoms with E-state index in [-0.39, 0.29) is 11.8 Å². The third-order valence-electron chi connectivity index (χ3n) is 4.77. The minimum Gasteiger partial charge on any atom is -0.497 e. The molecular formula is C22H21N5O3S. The maximum Gasteiger partial charge on any atom is 0.256 e. The number of aryl methyl sites for hydroxylation is 2. The lowest BCUT2D eigenvalue weighted by Gasteiger charge is -2.14. The summed E-state index contributed by atoms with van der Waals surface area (Å²) in [5.41, 5.74) is 3.40. The highest BCUT2D eigenvalue weighted by Crippen LogP contribution is 2.31. The average Bonchev–Trinajstić information content (AvgIpc) is 3.37. The molecule has 1 aromatic carbocycles. The van der Waals surface area contributed by atoms with Gasteiger partial charge in [0.25, 0.3) is 5.91 Å². The number of methoxy groups -OCH3 is 1. The fourth-order valence-electron chi connectivity index (χ4n) is 3.42. The average molecular weight is 436 g/mol. The number of rotatable bonds is 5. The van der Waals surface area contributed by atoms with E-state index >= 15 is 0 Å². The number of hydrogen-bond acceptors (Lipinski definition) is 6. The molecule has 3 heterocycles. The number of ether oxygens (including phenoxy) is 1. The van der Waals surface area contributed by atoms with Crippen molar-refractivity contribution in [3.63, 3.8) is 0 Å². The van der Waals surface area contributed by atoms with Crippen LogP contribution in [-0.2, 0) is 11.8 Å². The summed E-state index contributed by atoms with van der Waals surface area (Å²) >= 11 is 1.55. The molecule has 0 radical (unpaired) electrons. The number of hydrogen-bond donors (Lipinski definition) is 2. The Morgan fingerprint density at radius 1 is 1.13 bits per heavy atom. The molecule has 0 saturated heterocycles. The van der Waals surface area contributed by atoms with Gasteiger partial charge in [-0.3, -0.25) is 14.3 Å². The lowest BCUT2D eigenvalue weighted by Crippen LogP contribution is -2.16. The fraction of sp³-hybridized carbons (Fsp3) is 0.182. The molecule has 158 valence electrons. The highest BCUT2D eigenvalue weighted by Gasteiger charge is 2.21. The standard InChI is InChI=1S/C22H21N5O3S/c1-12-20-15(11-18(19-6-5-9-31-19)24-21(20)27(3)26-12)22(29)25-17-10-14(30-4)7-8-16(17)23-13(2)28/h5-11H,1-4H3,(H,23,28)(H,25,29). The quantitative estimate of drug-likeness (QED) is 0.489. The van der Waals surface area contributed by atoms with Crippen molar-refractivity contribution in [2.45, 2.75) is 13.8 Å². The fourth-order valence-corrected chi connectivity index (χ4v) is 4.10. The molecule has 0 bridgehead atoms. The molecule has 4 rings (SSSR count). The summed E-state index contributed by atoms with van der Waals surface area (Å²) in [7, 11) is 3.34. The van der Waals surface area contributed by atoms with Crippen molar-refractivity contribution in [2.75, 3.05) is 17.7 Å². The molecule has 2 amide bonds. The van der Waals surface area contributed by atoms with Crippen molar-refractivity contribution in [1.29, 1.82) is 0 Å². The van der Waals surface area contributed by atoms with Crippen LogP contribution in [0.25, 0.3) is 21.6 Å². The minimum atomic E-state index is -0.332. The first-order valence-corrected chi connectivity index (χ1v) is 10.4. The Hall–Kier alpha value is -3.72. The van der Waals surface area contributed by atoms with E-state index < -0.39 is 0 Å². The van der Waals surface area contributed by atoms with E-state index in [2.05, 4.69) is 15.7 Å². The summed E-state index contributed by atoms with van der Waals surface area (Å²) in [5, 5.41) is 12.7. The van der Waals surface area contributed by atoms with Gasteiger partial charge in [-0.2, -0.15) is 5.10 Å². The number of amides is 2. The topological polar surface area (TPSA) is 98.1 Å². The number of thiophene rings is 1. The number of nitrogens with one attached hydrogen (secondary N) is 2. The third-order valence-corrected chi connectivity index (χ3v) is 5.66. The zero-order valence-corrected chi connectivity index (χ0v) is 18.3. The van der Waals surface area contributed by atoms with Crippen molar-refractivity contribution in [2.24, 2.45) is 7.05 Å². The van der Waals surface area contributed by atoms with E-state index in [1.54, 1.807) is 47.3 Å². The van der Waals surface area contributed by atoms with E-state index in [4.69, 9.17) is 9.72 Å². The number of anilines is 2. The maximum atomic E-state index is 13.4. The molecule has 0 spiro atoms. The Kier molecular flexibility index (Phi) is 5.43. The van der Waals surface area contributed by atoms with Crippen LogP contribution in [-0.4, -0.2) is 33.7 Å². The monoisotopic (exact) mass is 435 g/mol. The molecule has 0 unspecified atom stereocenters. The largest absolute Gasteiger partial charge is 0.497 e. The Morgan fingerprint density at radius 3 is 2.61 bits per heavy atom. The molecule has 0 aliphatic carbocycles. The van der Waals surface area contributed by atoms with Crippen molar-refractivity contribution < 1.29 is 14.3 Å². The summed E-state index contributed by atoms with van der Waals surface area (Å²) < 4.78 is 6.95. The van der Waals surface area contributed by atoms with E-state index in [9.17, 15) is 9.59 Å². The van der Waals surface area contributed by atoms with Gasteiger partial charge in [-0.05, 0) is 36.6 Å². The molecule has 3 aromatic heterocycles. The van der Waals surface area contributed by atoms with Crippen LogP contribution in [0.4, 0.5) is 11.4 Å². The third kappa shape index (κ3) is 3.99. The summed E-state index contributed by atoms with van der Waals surface area (Å²) in [6, 6.07) is 10.7. The van der Waals surface area contributed by atoms with Crippen LogP contribution in [0.3, 0.4) is 0 Å². The summed E-state index contributed by atoms with van der Waals surface area (Å²) in [5.74, 6) is -0.0164. The van der Waals surface area contributed by atoms with Crippen LogP contribution in [0, 0.1) is 6.92 Å². The van der Waals surface area contributed by atoms with Crippen LogP contribution in [0.1, 0.15) is 23.0 Å². The van der Waals surface area contributed by atoms with Gasteiger partial charge in [0, 0.05) is 20.0 Å². The van der Waals surface area contributed by atoms with Gasteiger partial charge in [0.15, 0.2) is 5.65 Å². The first kappa shape index (κ1) is 20.5. The first-order valence-electron chi connectivity index (χ1n) is 9.52. The first-order chi connectivity index (χ1) is 14.9. The predicted molar refractivity (Wildman–Crippen MR) is 122 cm³/mol. The van der Waals surface area contributed by atoms with Gasteiger partial charge in [-0.25, -0.2) is 4.98 Å². The van der Waals surface area contributed by atoms with Gasteiger partial charge < -0.3 is 15.4 Å². The number of fused-ring (bicyclic) bond motifs is 1. The zero-order valence-electron chi connectivity index (χ0n) is 17.5. The molecule has 0 fully saturated rings. The highest BCUT2D eigenvalue weighted by atomic mass is 32.1. The van der Waals surface area contributed by atoms with Crippen LogP contribution in [0.15, 0.2) is 41.8 Å². The lowest BCUT2D eigenvalue weighted by molar-refractivity contribution is -0.114. The number of nitrogens with zero attached hydrogens (tertiary/aromatic N) is 3. The molecule has 2 N–H and O–H groups in total. The SMILES string of the molecule is COc1ccc(NC(C)=O)c(NC(=O)c2cc(-c3cccs3)nc3c2c(C)nn3C)c1. The molecule has 0 saturated carbocycles. The second-order valence-electron chi connectivity index (χ2n) is 6.99. The second-order valence-corrected chi connectivity index (χ2v) is 7.93. The van der Waals surface area contributed by atoms with Gasteiger partial charge in [-0.15, -0.1) is 11.3 Å². The molecule has 8 nitrogen and oxygen atoms in total. The number of aromatic nitrogens is 3. The van der Waals surface area contributed by atoms with Crippen molar-refractivity contribution in [1.82, 2.24) is 14.8 Å². The minimum absolute atomic E-state index is 0.241. The van der Waals surface area contributed by atoms with Crippen LogP contribution in [0.5, 0.6) is 5.75 Å². The molecule has 0 atom stereocenters. The van der Waals surface area contributed by atoms with E-state index in [0.29, 0.717) is 45.1 Å². The van der Waals surface area contributed by atoms with Crippen molar-refractivity contribution in [3.05, 3.63) is 53.0 Å².